The van der Waals surface area contributed by atoms with Crippen molar-refractivity contribution in [3.8, 4) is 17.2 Å². The highest BCUT2D eigenvalue weighted by molar-refractivity contribution is 6.31. The second-order valence-corrected chi connectivity index (χ2v) is 15.2. The molecule has 2 aromatic rings. The Morgan fingerprint density at radius 2 is 1.69 bits per heavy atom. The van der Waals surface area contributed by atoms with Crippen LogP contribution >= 0.6 is 0 Å². The van der Waals surface area contributed by atoms with Gasteiger partial charge in [0.1, 0.15) is 35.4 Å². The molecule has 0 aromatic heterocycles. The number of aliphatic hydroxyl groups is 4. The third-order valence-electron chi connectivity index (χ3n) is 11.0. The maximum absolute atomic E-state index is 13.8. The number of aliphatic hydroxyl groups excluding tert-OH is 3. The smallest absolute Gasteiger partial charge is 0.318 e. The van der Waals surface area contributed by atoms with E-state index in [4.69, 9.17) is 29.4 Å². The van der Waals surface area contributed by atoms with E-state index < -0.39 is 125 Å². The number of carbonyl (C=O) groups excluding carboxylic acids is 4. The molecular weight excluding hydrogens is 804 g/mol. The average Bonchev–Trinajstić information content (AvgIpc) is 3.22. The summed E-state index contributed by atoms with van der Waals surface area (Å²) in [6.07, 6.45) is -4.53. The Bertz CT molecular complexity index is 1930. The predicted molar refractivity (Wildman–Crippen MR) is 213 cm³/mol. The third-order valence-corrected chi connectivity index (χ3v) is 11.0. The molecule has 2 aliphatic carbocycles. The van der Waals surface area contributed by atoms with Gasteiger partial charge in [-0.1, -0.05) is 12.1 Å². The molecule has 1 amide bonds. The number of phenols is 3. The Morgan fingerprint density at radius 1 is 0.984 bits per heavy atom. The number of esters is 1. The number of nitrogens with two attached hydrogens (primary N) is 1. The Labute approximate surface area is 351 Å². The van der Waals surface area contributed by atoms with Crippen molar-refractivity contribution in [2.75, 3.05) is 59.8 Å². The highest BCUT2D eigenvalue weighted by Gasteiger charge is 2.49. The summed E-state index contributed by atoms with van der Waals surface area (Å²) in [5.74, 6) is -7.30. The van der Waals surface area contributed by atoms with Gasteiger partial charge in [-0.3, -0.25) is 19.2 Å². The molecule has 336 valence electrons. The second kappa shape index (κ2) is 21.5. The first kappa shape index (κ1) is 47.4. The fourth-order valence-corrected chi connectivity index (χ4v) is 7.73. The van der Waals surface area contributed by atoms with Gasteiger partial charge < -0.3 is 70.5 Å². The van der Waals surface area contributed by atoms with E-state index in [-0.39, 0.29) is 68.8 Å². The SMILES string of the molecule is CNCCCOCCOCCOC(=O)C(CCCCO)C(=O)NN=C(CO)[C@]1(O)Cc2c(O)c3c(c(O)c2[C@@H](O[C@H]2C[C@@H](N)[C@@H](O)C(C)O2)C1)C(=O)c1c(O)cccc1C3=O. The number of benzene rings is 2. The number of ketones is 2. The number of amides is 1. The lowest BCUT2D eigenvalue weighted by Crippen LogP contribution is -2.53. The molecule has 1 saturated heterocycles. The number of hydrazone groups is 1. The number of aromatic hydroxyl groups is 3. The van der Waals surface area contributed by atoms with Gasteiger partial charge in [-0.05, 0) is 52.3 Å². The van der Waals surface area contributed by atoms with Crippen molar-refractivity contribution < 1.29 is 78.6 Å². The molecule has 2 unspecified atom stereocenters. The van der Waals surface area contributed by atoms with Gasteiger partial charge in [-0.2, -0.15) is 5.10 Å². The first-order valence-corrected chi connectivity index (χ1v) is 20.2. The Balaban J connectivity index is 1.41. The van der Waals surface area contributed by atoms with E-state index in [0.29, 0.717) is 13.2 Å². The normalized spacial score (nSPS) is 24.1. The molecule has 1 heterocycles. The minimum absolute atomic E-state index is 0.0266. The van der Waals surface area contributed by atoms with Crippen molar-refractivity contribution in [1.82, 2.24) is 10.7 Å². The monoisotopic (exact) mass is 860 g/mol. The molecule has 2 aromatic carbocycles. The molecule has 0 spiro atoms. The number of fused-ring (bicyclic) bond motifs is 3. The van der Waals surface area contributed by atoms with Gasteiger partial charge >= 0.3 is 5.97 Å². The molecule has 1 fully saturated rings. The number of hydrogen-bond acceptors (Lipinski definition) is 19. The quantitative estimate of drug-likeness (QED) is 0.0162. The first-order valence-electron chi connectivity index (χ1n) is 20.2. The van der Waals surface area contributed by atoms with Crippen molar-refractivity contribution in [2.45, 2.75) is 88.1 Å². The third kappa shape index (κ3) is 10.7. The fraction of sp³-hybridized carbons (Fsp3) is 0.585. The molecule has 61 heavy (non-hydrogen) atoms. The van der Waals surface area contributed by atoms with Crippen molar-refractivity contribution in [2.24, 2.45) is 16.8 Å². The second-order valence-electron chi connectivity index (χ2n) is 15.2. The lowest BCUT2D eigenvalue weighted by Gasteiger charge is -2.43. The number of carbonyl (C=O) groups is 4. The molecule has 5 rings (SSSR count). The molecule has 1 aliphatic heterocycles. The number of unbranched alkanes of at least 4 members (excludes halogenated alkanes) is 1. The van der Waals surface area contributed by atoms with Crippen LogP contribution in [-0.2, 0) is 39.7 Å². The van der Waals surface area contributed by atoms with Crippen LogP contribution in [0.5, 0.6) is 17.2 Å². The maximum atomic E-state index is 13.8. The van der Waals surface area contributed by atoms with Gasteiger partial charge in [-0.25, -0.2) is 5.43 Å². The highest BCUT2D eigenvalue weighted by atomic mass is 16.7. The minimum Gasteiger partial charge on any atom is -0.507 e. The first-order chi connectivity index (χ1) is 29.2. The van der Waals surface area contributed by atoms with Gasteiger partial charge in [0.25, 0.3) is 5.91 Å². The molecule has 0 radical (unpaired) electrons. The van der Waals surface area contributed by atoms with E-state index in [9.17, 15) is 54.9 Å². The predicted octanol–water partition coefficient (Wildman–Crippen LogP) is -0.434. The Kier molecular flexibility index (Phi) is 16.7. The minimum atomic E-state index is -2.31. The Hall–Kier alpha value is -4.61. The van der Waals surface area contributed by atoms with Crippen LogP contribution in [0, 0.1) is 5.92 Å². The van der Waals surface area contributed by atoms with Crippen LogP contribution < -0.4 is 16.5 Å². The molecular formula is C41H56N4O16. The van der Waals surface area contributed by atoms with E-state index in [1.165, 1.54) is 18.2 Å². The van der Waals surface area contributed by atoms with Crippen LogP contribution in [0.15, 0.2) is 23.3 Å². The van der Waals surface area contributed by atoms with E-state index in [1.54, 1.807) is 6.92 Å². The summed E-state index contributed by atoms with van der Waals surface area (Å²) in [5, 5.41) is 83.7. The number of hydrogen-bond donors (Lipinski definition) is 10. The molecule has 0 bridgehead atoms. The van der Waals surface area contributed by atoms with Gasteiger partial charge in [0, 0.05) is 55.2 Å². The van der Waals surface area contributed by atoms with E-state index in [0.717, 1.165) is 13.0 Å². The van der Waals surface area contributed by atoms with E-state index in [1.807, 2.05) is 7.05 Å². The van der Waals surface area contributed by atoms with Crippen molar-refractivity contribution in [3.63, 3.8) is 0 Å². The van der Waals surface area contributed by atoms with Crippen molar-refractivity contribution in [1.29, 1.82) is 0 Å². The maximum Gasteiger partial charge on any atom is 0.318 e. The van der Waals surface area contributed by atoms with Gasteiger partial charge in [-0.15, -0.1) is 0 Å². The average molecular weight is 861 g/mol. The van der Waals surface area contributed by atoms with Crippen LogP contribution in [0.4, 0.5) is 0 Å². The number of ether oxygens (including phenoxy) is 5. The standard InChI is InChI=1S/C41H56N4O16/c1-21-34(49)25(42)17-29(60-21)61-27-19-41(56,18-24-31(27)38(53)33-32(36(24)51)35(50)22-8-5-9-26(48)30(22)37(33)52)28(20-47)44-45-39(54)23(7-3-4-11-46)40(55)59-16-15-58-14-13-57-12-6-10-43-2/h5,8-9,21,23,25,27,29,34,43,46-49,51,53,56H,3-4,6-7,10-20,42H2,1-2H3,(H,45,54)/t21?,23?,25-,27+,29+,34+,41+/m1/s1. The lowest BCUT2D eigenvalue weighted by atomic mass is 9.71. The molecule has 20 heteroatoms. The van der Waals surface area contributed by atoms with E-state index in [2.05, 4.69) is 15.8 Å². The molecule has 20 nitrogen and oxygen atoms in total. The van der Waals surface area contributed by atoms with Crippen molar-refractivity contribution in [3.05, 3.63) is 51.6 Å². The number of phenolic OH excluding ortho intramolecular Hbond substituents is 3. The fourth-order valence-electron chi connectivity index (χ4n) is 7.73. The number of rotatable bonds is 21. The summed E-state index contributed by atoms with van der Waals surface area (Å²) in [7, 11) is 1.84. The zero-order valence-corrected chi connectivity index (χ0v) is 34.1. The van der Waals surface area contributed by atoms with Crippen LogP contribution in [0.2, 0.25) is 0 Å². The number of nitrogens with one attached hydrogen (secondary N) is 2. The van der Waals surface area contributed by atoms with Crippen molar-refractivity contribution >= 4 is 29.2 Å². The highest BCUT2D eigenvalue weighted by Crippen LogP contribution is 2.52. The van der Waals surface area contributed by atoms with Crippen LogP contribution in [0.25, 0.3) is 0 Å². The summed E-state index contributed by atoms with van der Waals surface area (Å²) in [6.45, 7) is 2.16. The molecule has 3 aliphatic rings. The topological polar surface area (TPSA) is 318 Å². The van der Waals surface area contributed by atoms with Crippen LogP contribution in [0.1, 0.15) is 94.5 Å². The van der Waals surface area contributed by atoms with Gasteiger partial charge in [0.05, 0.1) is 67.1 Å². The Morgan fingerprint density at radius 3 is 2.38 bits per heavy atom. The summed E-state index contributed by atoms with van der Waals surface area (Å²) in [6, 6.07) is 2.95. The van der Waals surface area contributed by atoms with Crippen LogP contribution in [0.3, 0.4) is 0 Å². The van der Waals surface area contributed by atoms with Crippen LogP contribution in [-0.4, -0.2) is 155 Å². The summed E-state index contributed by atoms with van der Waals surface area (Å²) >= 11 is 0. The number of nitrogens with zero attached hydrogens (tertiary/aromatic N) is 1. The summed E-state index contributed by atoms with van der Waals surface area (Å²) in [5.41, 5.74) is 3.22. The van der Waals surface area contributed by atoms with E-state index >= 15 is 0 Å². The molecule has 7 atom stereocenters. The zero-order chi connectivity index (χ0) is 44.4. The zero-order valence-electron chi connectivity index (χ0n) is 34.1. The molecule has 0 saturated carbocycles. The molecule has 11 N–H and O–H groups in total. The van der Waals surface area contributed by atoms with Gasteiger partial charge in [0.15, 0.2) is 12.1 Å². The largest absolute Gasteiger partial charge is 0.507 e. The lowest BCUT2D eigenvalue weighted by molar-refractivity contribution is -0.245. The van der Waals surface area contributed by atoms with Gasteiger partial charge in [0.2, 0.25) is 5.78 Å². The summed E-state index contributed by atoms with van der Waals surface area (Å²) < 4.78 is 28.2. The summed E-state index contributed by atoms with van der Waals surface area (Å²) in [4.78, 5) is 54.3.